The second kappa shape index (κ2) is 4.48. The summed E-state index contributed by atoms with van der Waals surface area (Å²) in [7, 11) is 0. The van der Waals surface area contributed by atoms with Crippen molar-refractivity contribution in [2.75, 3.05) is 0 Å². The van der Waals surface area contributed by atoms with Crippen LogP contribution in [0.1, 0.15) is 11.5 Å². The predicted molar refractivity (Wildman–Crippen MR) is 57.2 cm³/mol. The van der Waals surface area contributed by atoms with Crippen LogP contribution in [0.2, 0.25) is 0 Å². The standard InChI is InChI=1S/C9H8O2S2/c10-8(12)7(9(11)13)6-4-2-1-3-5-6/h1-5,7H,(H,10,12)(H,11,13). The first-order valence-corrected chi connectivity index (χ1v) is 4.53. The lowest BCUT2D eigenvalue weighted by atomic mass is 10.0. The summed E-state index contributed by atoms with van der Waals surface area (Å²) in [5, 5.41) is -0.961. The van der Waals surface area contributed by atoms with Gasteiger partial charge in [-0.3, -0.25) is 9.59 Å². The summed E-state index contributed by atoms with van der Waals surface area (Å²) in [6.45, 7) is 0. The third kappa shape index (κ3) is 2.60. The average Bonchev–Trinajstić information content (AvgIpc) is 2.04. The van der Waals surface area contributed by atoms with Gasteiger partial charge in [0.25, 0.3) is 0 Å². The third-order valence-electron chi connectivity index (χ3n) is 1.63. The lowest BCUT2D eigenvalue weighted by Gasteiger charge is -2.07. The maximum Gasteiger partial charge on any atom is 0.201 e. The van der Waals surface area contributed by atoms with Crippen molar-refractivity contribution in [1.29, 1.82) is 0 Å². The Morgan fingerprint density at radius 3 is 1.85 bits per heavy atom. The minimum Gasteiger partial charge on any atom is -0.286 e. The minimum absolute atomic E-state index is 0.480. The minimum atomic E-state index is -0.854. The van der Waals surface area contributed by atoms with Crippen molar-refractivity contribution in [3.05, 3.63) is 35.9 Å². The molecule has 1 aromatic carbocycles. The molecule has 0 radical (unpaired) electrons. The van der Waals surface area contributed by atoms with E-state index in [0.717, 1.165) is 0 Å². The van der Waals surface area contributed by atoms with Gasteiger partial charge in [-0.2, -0.15) is 0 Å². The molecule has 0 aliphatic carbocycles. The molecular weight excluding hydrogens is 204 g/mol. The molecule has 0 N–H and O–H groups in total. The summed E-state index contributed by atoms with van der Waals surface area (Å²) in [5.74, 6) is -0.854. The monoisotopic (exact) mass is 212 g/mol. The fourth-order valence-corrected chi connectivity index (χ4v) is 1.67. The van der Waals surface area contributed by atoms with Crippen LogP contribution in [0.25, 0.3) is 0 Å². The van der Waals surface area contributed by atoms with Crippen LogP contribution in [-0.4, -0.2) is 10.2 Å². The highest BCUT2D eigenvalue weighted by Crippen LogP contribution is 2.20. The zero-order valence-corrected chi connectivity index (χ0v) is 8.46. The van der Waals surface area contributed by atoms with Crippen LogP contribution in [0.5, 0.6) is 0 Å². The van der Waals surface area contributed by atoms with Crippen LogP contribution < -0.4 is 0 Å². The molecule has 1 rings (SSSR count). The lowest BCUT2D eigenvalue weighted by molar-refractivity contribution is -0.119. The molecule has 0 aliphatic heterocycles. The molecule has 0 unspecified atom stereocenters. The average molecular weight is 212 g/mol. The smallest absolute Gasteiger partial charge is 0.201 e. The van der Waals surface area contributed by atoms with Gasteiger partial charge in [0, 0.05) is 0 Å². The topological polar surface area (TPSA) is 34.1 Å². The summed E-state index contributed by atoms with van der Waals surface area (Å²) < 4.78 is 0. The van der Waals surface area contributed by atoms with Gasteiger partial charge in [-0.25, -0.2) is 0 Å². The molecule has 2 nitrogen and oxygen atoms in total. The molecule has 0 saturated carbocycles. The van der Waals surface area contributed by atoms with E-state index in [9.17, 15) is 9.59 Å². The van der Waals surface area contributed by atoms with E-state index in [1.165, 1.54) is 0 Å². The van der Waals surface area contributed by atoms with Gasteiger partial charge >= 0.3 is 0 Å². The van der Waals surface area contributed by atoms with E-state index in [4.69, 9.17) is 0 Å². The van der Waals surface area contributed by atoms with Crippen LogP contribution >= 0.6 is 25.3 Å². The SMILES string of the molecule is O=C(S)C(C(=O)S)c1ccccc1. The van der Waals surface area contributed by atoms with Crippen molar-refractivity contribution in [3.63, 3.8) is 0 Å². The molecule has 1 aromatic rings. The maximum absolute atomic E-state index is 11.0. The van der Waals surface area contributed by atoms with Gasteiger partial charge in [0.2, 0.25) is 10.2 Å². The van der Waals surface area contributed by atoms with Gasteiger partial charge in [0.1, 0.15) is 5.92 Å². The highest BCUT2D eigenvalue weighted by Gasteiger charge is 2.22. The molecule has 0 heterocycles. The van der Waals surface area contributed by atoms with E-state index in [1.54, 1.807) is 24.3 Å². The van der Waals surface area contributed by atoms with Crippen molar-refractivity contribution in [2.45, 2.75) is 5.92 Å². The van der Waals surface area contributed by atoms with Crippen LogP contribution in [0.4, 0.5) is 0 Å². The van der Waals surface area contributed by atoms with E-state index in [-0.39, 0.29) is 0 Å². The number of thiol groups is 2. The largest absolute Gasteiger partial charge is 0.286 e. The van der Waals surface area contributed by atoms with Crippen LogP contribution in [0.3, 0.4) is 0 Å². The molecule has 0 fully saturated rings. The zero-order chi connectivity index (χ0) is 9.84. The second-order valence-corrected chi connectivity index (χ2v) is 3.40. The van der Waals surface area contributed by atoms with E-state index in [2.05, 4.69) is 25.3 Å². The first-order valence-electron chi connectivity index (χ1n) is 3.63. The van der Waals surface area contributed by atoms with E-state index < -0.39 is 16.1 Å². The Morgan fingerprint density at radius 1 is 1.00 bits per heavy atom. The fraction of sp³-hybridized carbons (Fsp3) is 0.111. The Kier molecular flexibility index (Phi) is 3.57. The van der Waals surface area contributed by atoms with Gasteiger partial charge in [-0.15, -0.1) is 25.3 Å². The number of rotatable bonds is 3. The second-order valence-electron chi connectivity index (χ2n) is 2.52. The number of hydrogen-bond donors (Lipinski definition) is 2. The van der Waals surface area contributed by atoms with Crippen molar-refractivity contribution in [3.8, 4) is 0 Å². The van der Waals surface area contributed by atoms with Crippen molar-refractivity contribution in [1.82, 2.24) is 0 Å². The Hall–Kier alpha value is -0.740. The van der Waals surface area contributed by atoms with Crippen molar-refractivity contribution in [2.24, 2.45) is 0 Å². The number of hydrogen-bond acceptors (Lipinski definition) is 2. The van der Waals surface area contributed by atoms with Crippen molar-refractivity contribution < 1.29 is 9.59 Å². The highest BCUT2D eigenvalue weighted by molar-refractivity contribution is 7.99. The van der Waals surface area contributed by atoms with Crippen molar-refractivity contribution >= 4 is 35.5 Å². The normalized spacial score (nSPS) is 10.1. The summed E-state index contributed by atoms with van der Waals surface area (Å²) in [6, 6.07) is 8.73. The Balaban J connectivity index is 3.03. The summed E-state index contributed by atoms with van der Waals surface area (Å²) >= 11 is 7.27. The molecule has 13 heavy (non-hydrogen) atoms. The first-order chi connectivity index (χ1) is 6.13. The lowest BCUT2D eigenvalue weighted by Crippen LogP contribution is -2.13. The summed E-state index contributed by atoms with van der Waals surface area (Å²) in [6.07, 6.45) is 0. The molecule has 0 aromatic heterocycles. The Labute approximate surface area is 87.2 Å². The summed E-state index contributed by atoms with van der Waals surface area (Å²) in [5.41, 5.74) is 0.627. The van der Waals surface area contributed by atoms with Crippen LogP contribution in [0.15, 0.2) is 30.3 Å². The van der Waals surface area contributed by atoms with Crippen LogP contribution in [0, 0.1) is 0 Å². The summed E-state index contributed by atoms with van der Waals surface area (Å²) in [4.78, 5) is 22.0. The molecule has 0 atom stereocenters. The van der Waals surface area contributed by atoms with E-state index in [0.29, 0.717) is 5.56 Å². The molecule has 0 amide bonds. The Bertz CT molecular complexity index is 308. The number of carbonyl (C=O) groups is 2. The molecule has 68 valence electrons. The predicted octanol–water partition coefficient (Wildman–Crippen LogP) is 1.68. The molecule has 0 saturated heterocycles. The molecule has 0 spiro atoms. The first kappa shape index (κ1) is 10.3. The quantitative estimate of drug-likeness (QED) is 0.590. The maximum atomic E-state index is 11.0. The van der Waals surface area contributed by atoms with Crippen LogP contribution in [-0.2, 0) is 9.59 Å². The van der Waals surface area contributed by atoms with E-state index in [1.807, 2.05) is 6.07 Å². The molecule has 0 bridgehead atoms. The van der Waals surface area contributed by atoms with Gasteiger partial charge in [0.15, 0.2) is 0 Å². The molecule has 0 aliphatic rings. The Morgan fingerprint density at radius 2 is 1.46 bits per heavy atom. The zero-order valence-electron chi connectivity index (χ0n) is 6.68. The fourth-order valence-electron chi connectivity index (χ4n) is 1.04. The van der Waals surface area contributed by atoms with Gasteiger partial charge in [0.05, 0.1) is 0 Å². The number of carbonyl (C=O) groups excluding carboxylic acids is 2. The highest BCUT2D eigenvalue weighted by atomic mass is 32.1. The molecule has 4 heteroatoms. The van der Waals surface area contributed by atoms with Gasteiger partial charge in [-0.05, 0) is 5.56 Å². The number of benzene rings is 1. The third-order valence-corrected chi connectivity index (χ3v) is 2.14. The van der Waals surface area contributed by atoms with Gasteiger partial charge in [-0.1, -0.05) is 30.3 Å². The molecular formula is C9H8O2S2. The van der Waals surface area contributed by atoms with E-state index >= 15 is 0 Å². The van der Waals surface area contributed by atoms with Gasteiger partial charge < -0.3 is 0 Å².